The van der Waals surface area contributed by atoms with E-state index < -0.39 is 9.84 Å². The standard InChI is InChI=1S/C15H15NO2S/c1-2-15(16-13-9-5-3-6-10-13)19(17,18)14-11-7-4-8-12-14/h2-12,16H,1H3. The molecule has 1 N–H and O–H groups in total. The van der Waals surface area contributed by atoms with E-state index in [0.29, 0.717) is 0 Å². The minimum absolute atomic E-state index is 0.185. The third-order valence-corrected chi connectivity index (χ3v) is 4.46. The molecule has 0 atom stereocenters. The van der Waals surface area contributed by atoms with E-state index in [9.17, 15) is 8.42 Å². The second-order valence-corrected chi connectivity index (χ2v) is 5.88. The number of allylic oxidation sites excluding steroid dienone is 1. The summed E-state index contributed by atoms with van der Waals surface area (Å²) < 4.78 is 24.9. The number of para-hydroxylation sites is 1. The molecular weight excluding hydrogens is 258 g/mol. The Balaban J connectivity index is 2.34. The van der Waals surface area contributed by atoms with Crippen LogP contribution in [-0.4, -0.2) is 8.42 Å². The van der Waals surface area contributed by atoms with Crippen LogP contribution in [0.2, 0.25) is 0 Å². The molecule has 0 spiro atoms. The lowest BCUT2D eigenvalue weighted by atomic mass is 10.3. The van der Waals surface area contributed by atoms with E-state index in [-0.39, 0.29) is 9.92 Å². The van der Waals surface area contributed by atoms with Crippen LogP contribution in [0.1, 0.15) is 6.92 Å². The molecular formula is C15H15NO2S. The number of sulfone groups is 1. The lowest BCUT2D eigenvalue weighted by Crippen LogP contribution is -2.12. The Morgan fingerprint density at radius 1 is 0.947 bits per heavy atom. The molecule has 4 heteroatoms. The van der Waals surface area contributed by atoms with Crippen LogP contribution >= 0.6 is 0 Å². The molecule has 0 fully saturated rings. The first-order chi connectivity index (χ1) is 9.14. The van der Waals surface area contributed by atoms with Crippen molar-refractivity contribution in [3.63, 3.8) is 0 Å². The van der Waals surface area contributed by atoms with Gasteiger partial charge < -0.3 is 5.32 Å². The summed E-state index contributed by atoms with van der Waals surface area (Å²) in [5, 5.41) is 3.13. The maximum atomic E-state index is 12.4. The number of hydrogen-bond donors (Lipinski definition) is 1. The summed E-state index contributed by atoms with van der Waals surface area (Å²) in [4.78, 5) is 0.284. The van der Waals surface area contributed by atoms with Crippen molar-refractivity contribution in [3.8, 4) is 0 Å². The normalized spacial score (nSPS) is 12.2. The Bertz CT molecular complexity index is 662. The van der Waals surface area contributed by atoms with Crippen LogP contribution in [0.15, 0.2) is 76.7 Å². The molecule has 98 valence electrons. The van der Waals surface area contributed by atoms with Gasteiger partial charge in [-0.05, 0) is 31.2 Å². The van der Waals surface area contributed by atoms with Crippen molar-refractivity contribution in [2.75, 3.05) is 5.32 Å². The highest BCUT2D eigenvalue weighted by Crippen LogP contribution is 2.20. The minimum atomic E-state index is -3.50. The summed E-state index contributed by atoms with van der Waals surface area (Å²) in [5.41, 5.74) is 0.745. The molecule has 2 aromatic rings. The molecule has 0 saturated heterocycles. The number of rotatable bonds is 4. The Hall–Kier alpha value is -2.07. The Morgan fingerprint density at radius 2 is 1.47 bits per heavy atom. The molecule has 0 saturated carbocycles. The molecule has 19 heavy (non-hydrogen) atoms. The summed E-state index contributed by atoms with van der Waals surface area (Å²) in [5.74, 6) is 0. The third kappa shape index (κ3) is 3.03. The van der Waals surface area contributed by atoms with E-state index in [1.54, 1.807) is 43.3 Å². The molecule has 0 radical (unpaired) electrons. The van der Waals surface area contributed by atoms with Gasteiger partial charge in [0.15, 0.2) is 0 Å². The molecule has 0 aromatic heterocycles. The van der Waals surface area contributed by atoms with Gasteiger partial charge in [-0.25, -0.2) is 8.42 Å². The zero-order valence-corrected chi connectivity index (χ0v) is 11.4. The second kappa shape index (κ2) is 5.71. The summed E-state index contributed by atoms with van der Waals surface area (Å²) in [6.07, 6.45) is 1.56. The average molecular weight is 273 g/mol. The van der Waals surface area contributed by atoms with Gasteiger partial charge in [-0.2, -0.15) is 0 Å². The van der Waals surface area contributed by atoms with Gasteiger partial charge in [0.25, 0.3) is 0 Å². The van der Waals surface area contributed by atoms with E-state index in [0.717, 1.165) is 5.69 Å². The lowest BCUT2D eigenvalue weighted by molar-refractivity contribution is 0.602. The molecule has 2 rings (SSSR count). The van der Waals surface area contributed by atoms with Gasteiger partial charge in [-0.15, -0.1) is 0 Å². The molecule has 0 amide bonds. The van der Waals surface area contributed by atoms with Gasteiger partial charge in [0.1, 0.15) is 5.03 Å². The van der Waals surface area contributed by atoms with E-state index in [4.69, 9.17) is 0 Å². The van der Waals surface area contributed by atoms with E-state index in [1.165, 1.54) is 0 Å². The predicted molar refractivity (Wildman–Crippen MR) is 77.4 cm³/mol. The van der Waals surface area contributed by atoms with Crippen molar-refractivity contribution in [2.45, 2.75) is 11.8 Å². The number of anilines is 1. The fourth-order valence-electron chi connectivity index (χ4n) is 1.68. The van der Waals surface area contributed by atoms with Crippen LogP contribution in [0.5, 0.6) is 0 Å². The summed E-state index contributed by atoms with van der Waals surface area (Å²) in [6.45, 7) is 1.70. The van der Waals surface area contributed by atoms with Gasteiger partial charge in [0.05, 0.1) is 4.90 Å². The maximum Gasteiger partial charge on any atom is 0.221 e. The van der Waals surface area contributed by atoms with Gasteiger partial charge in [-0.1, -0.05) is 42.5 Å². The Morgan fingerprint density at radius 3 is 2.00 bits per heavy atom. The van der Waals surface area contributed by atoms with Gasteiger partial charge >= 0.3 is 0 Å². The van der Waals surface area contributed by atoms with Crippen LogP contribution in [0.3, 0.4) is 0 Å². The molecule has 0 aliphatic rings. The van der Waals surface area contributed by atoms with Crippen LogP contribution in [0.25, 0.3) is 0 Å². The summed E-state index contributed by atoms with van der Waals surface area (Å²) in [6, 6.07) is 17.6. The van der Waals surface area contributed by atoms with Crippen LogP contribution < -0.4 is 5.32 Å². The molecule has 0 heterocycles. The molecule has 3 nitrogen and oxygen atoms in total. The van der Waals surface area contributed by atoms with Crippen molar-refractivity contribution in [2.24, 2.45) is 0 Å². The number of hydrogen-bond acceptors (Lipinski definition) is 3. The Kier molecular flexibility index (Phi) is 4.02. The van der Waals surface area contributed by atoms with Crippen molar-refractivity contribution in [1.29, 1.82) is 0 Å². The zero-order valence-electron chi connectivity index (χ0n) is 10.6. The lowest BCUT2D eigenvalue weighted by Gasteiger charge is -2.11. The van der Waals surface area contributed by atoms with Crippen molar-refractivity contribution in [1.82, 2.24) is 0 Å². The molecule has 0 aliphatic carbocycles. The zero-order chi connectivity index (χ0) is 13.7. The number of benzene rings is 2. The smallest absolute Gasteiger partial charge is 0.221 e. The van der Waals surface area contributed by atoms with Crippen molar-refractivity contribution >= 4 is 15.5 Å². The quantitative estimate of drug-likeness (QED) is 0.928. The highest BCUT2D eigenvalue weighted by molar-refractivity contribution is 7.95. The first-order valence-electron chi connectivity index (χ1n) is 5.93. The van der Waals surface area contributed by atoms with E-state index in [2.05, 4.69) is 5.32 Å². The largest absolute Gasteiger partial charge is 0.346 e. The molecule has 0 aliphatic heterocycles. The maximum absolute atomic E-state index is 12.4. The molecule has 0 bridgehead atoms. The topological polar surface area (TPSA) is 46.2 Å². The van der Waals surface area contributed by atoms with Gasteiger partial charge in [0.2, 0.25) is 9.84 Å². The minimum Gasteiger partial charge on any atom is -0.346 e. The van der Waals surface area contributed by atoms with Crippen molar-refractivity contribution in [3.05, 3.63) is 71.8 Å². The summed E-state index contributed by atoms with van der Waals surface area (Å²) in [7, 11) is -3.50. The van der Waals surface area contributed by atoms with Gasteiger partial charge in [0, 0.05) is 5.69 Å². The first-order valence-corrected chi connectivity index (χ1v) is 7.41. The first kappa shape index (κ1) is 13.4. The van der Waals surface area contributed by atoms with Crippen LogP contribution in [0, 0.1) is 0 Å². The fourth-order valence-corrected chi connectivity index (χ4v) is 3.02. The van der Waals surface area contributed by atoms with E-state index >= 15 is 0 Å². The summed E-state index contributed by atoms with van der Waals surface area (Å²) >= 11 is 0. The van der Waals surface area contributed by atoms with E-state index in [1.807, 2.05) is 30.3 Å². The highest BCUT2D eigenvalue weighted by atomic mass is 32.2. The predicted octanol–water partition coefficient (Wildman–Crippen LogP) is 3.43. The van der Waals surface area contributed by atoms with Crippen molar-refractivity contribution < 1.29 is 8.42 Å². The fraction of sp³-hybridized carbons (Fsp3) is 0.0667. The highest BCUT2D eigenvalue weighted by Gasteiger charge is 2.19. The second-order valence-electron chi connectivity index (χ2n) is 3.96. The number of nitrogens with one attached hydrogen (secondary N) is 1. The molecule has 2 aromatic carbocycles. The average Bonchev–Trinajstić information content (AvgIpc) is 2.46. The monoisotopic (exact) mass is 273 g/mol. The van der Waals surface area contributed by atoms with Crippen LogP contribution in [0.4, 0.5) is 5.69 Å². The molecule has 0 unspecified atom stereocenters. The van der Waals surface area contributed by atoms with Gasteiger partial charge in [-0.3, -0.25) is 0 Å². The third-order valence-electron chi connectivity index (χ3n) is 2.65. The Labute approximate surface area is 113 Å². The SMILES string of the molecule is CC=C(Nc1ccccc1)S(=O)(=O)c1ccccc1. The van der Waals surface area contributed by atoms with Crippen LogP contribution in [-0.2, 0) is 9.84 Å².